The highest BCUT2D eigenvalue weighted by atomic mass is 15.2. The zero-order valence-corrected chi connectivity index (χ0v) is 9.75. The lowest BCUT2D eigenvalue weighted by Gasteiger charge is -2.19. The molecule has 1 N–H and O–H groups in total. The van der Waals surface area contributed by atoms with E-state index in [1.54, 1.807) is 0 Å². The number of aromatic nitrogens is 1. The van der Waals surface area contributed by atoms with Crippen LogP contribution in [0.2, 0.25) is 0 Å². The van der Waals surface area contributed by atoms with E-state index in [4.69, 9.17) is 0 Å². The van der Waals surface area contributed by atoms with Gasteiger partial charge in [-0.2, -0.15) is 0 Å². The summed E-state index contributed by atoms with van der Waals surface area (Å²) < 4.78 is 0. The molecule has 3 nitrogen and oxygen atoms in total. The maximum atomic E-state index is 4.54. The summed E-state index contributed by atoms with van der Waals surface area (Å²) in [5.74, 6) is 1.14. The van der Waals surface area contributed by atoms with Crippen LogP contribution in [-0.2, 0) is 6.54 Å². The van der Waals surface area contributed by atoms with Crippen LogP contribution in [-0.4, -0.2) is 25.1 Å². The lowest BCUT2D eigenvalue weighted by molar-refractivity contribution is 0.807. The molecule has 0 amide bonds. The van der Waals surface area contributed by atoms with Crippen LogP contribution < -0.4 is 10.2 Å². The Hall–Kier alpha value is -1.09. The van der Waals surface area contributed by atoms with Gasteiger partial charge in [0.2, 0.25) is 0 Å². The Labute approximate surface area is 91.5 Å². The van der Waals surface area contributed by atoms with E-state index < -0.39 is 0 Å². The molecule has 1 heterocycles. The van der Waals surface area contributed by atoms with Crippen molar-refractivity contribution in [1.82, 2.24) is 10.3 Å². The monoisotopic (exact) mass is 205 g/mol. The Balaban J connectivity index is 2.17. The number of rotatable bonds is 4. The molecule has 1 aromatic heterocycles. The number of anilines is 1. The molecule has 2 rings (SSSR count). The van der Waals surface area contributed by atoms with E-state index in [9.17, 15) is 0 Å². The molecular weight excluding hydrogens is 186 g/mol. The topological polar surface area (TPSA) is 28.2 Å². The second-order valence-electron chi connectivity index (χ2n) is 4.36. The van der Waals surface area contributed by atoms with Crippen LogP contribution in [0, 0.1) is 6.92 Å². The van der Waals surface area contributed by atoms with Gasteiger partial charge in [0.25, 0.3) is 0 Å². The van der Waals surface area contributed by atoms with Crippen LogP contribution in [0.5, 0.6) is 0 Å². The predicted octanol–water partition coefficient (Wildman–Crippen LogP) is 1.71. The van der Waals surface area contributed by atoms with E-state index in [1.165, 1.54) is 24.0 Å². The van der Waals surface area contributed by atoms with Crippen molar-refractivity contribution in [3.05, 3.63) is 23.4 Å². The number of hydrogen-bond donors (Lipinski definition) is 1. The van der Waals surface area contributed by atoms with Crippen molar-refractivity contribution in [2.75, 3.05) is 19.0 Å². The number of pyridine rings is 1. The van der Waals surface area contributed by atoms with Gasteiger partial charge in [-0.3, -0.25) is 0 Å². The summed E-state index contributed by atoms with van der Waals surface area (Å²) in [5.41, 5.74) is 2.53. The normalized spacial score (nSPS) is 15.4. The van der Waals surface area contributed by atoms with Crippen LogP contribution in [0.1, 0.15) is 24.0 Å². The Bertz CT molecular complexity index is 345. The zero-order valence-electron chi connectivity index (χ0n) is 9.75. The van der Waals surface area contributed by atoms with Crippen LogP contribution >= 0.6 is 0 Å². The van der Waals surface area contributed by atoms with Gasteiger partial charge in [-0.25, -0.2) is 4.98 Å². The molecule has 0 aliphatic heterocycles. The lowest BCUT2D eigenvalue weighted by Crippen LogP contribution is -2.22. The lowest BCUT2D eigenvalue weighted by atomic mass is 10.2. The van der Waals surface area contributed by atoms with E-state index in [0.29, 0.717) is 0 Å². The van der Waals surface area contributed by atoms with E-state index >= 15 is 0 Å². The minimum absolute atomic E-state index is 0.728. The molecule has 1 aromatic rings. The van der Waals surface area contributed by atoms with Crippen molar-refractivity contribution >= 4 is 5.82 Å². The molecule has 3 heteroatoms. The van der Waals surface area contributed by atoms with Gasteiger partial charge in [-0.1, -0.05) is 0 Å². The van der Waals surface area contributed by atoms with Crippen molar-refractivity contribution in [2.24, 2.45) is 0 Å². The molecule has 82 valence electrons. The molecule has 1 aliphatic carbocycles. The second-order valence-corrected chi connectivity index (χ2v) is 4.36. The quantitative estimate of drug-likeness (QED) is 0.811. The summed E-state index contributed by atoms with van der Waals surface area (Å²) in [4.78, 5) is 6.85. The van der Waals surface area contributed by atoms with Crippen LogP contribution in [0.3, 0.4) is 0 Å². The van der Waals surface area contributed by atoms with Crippen LogP contribution in [0.25, 0.3) is 0 Å². The highest BCUT2D eigenvalue weighted by Crippen LogP contribution is 2.30. The standard InChI is InChI=1S/C12H19N3/c1-9-6-10(7-13-2)8-14-12(9)15(3)11-4-5-11/h6,8,11,13H,4-5,7H2,1-3H3. The smallest absolute Gasteiger partial charge is 0.131 e. The third kappa shape index (κ3) is 2.29. The van der Waals surface area contributed by atoms with Gasteiger partial charge < -0.3 is 10.2 Å². The summed E-state index contributed by atoms with van der Waals surface area (Å²) in [6, 6.07) is 2.95. The van der Waals surface area contributed by atoms with E-state index in [1.807, 2.05) is 13.2 Å². The van der Waals surface area contributed by atoms with Gasteiger partial charge in [-0.05, 0) is 44.0 Å². The SMILES string of the molecule is CNCc1cnc(N(C)C2CC2)c(C)c1. The summed E-state index contributed by atoms with van der Waals surface area (Å²) in [6.45, 7) is 3.03. The Kier molecular flexibility index (Phi) is 2.91. The fraction of sp³-hybridized carbons (Fsp3) is 0.583. The average Bonchev–Trinajstić information content (AvgIpc) is 3.01. The number of nitrogens with one attached hydrogen (secondary N) is 1. The summed E-state index contributed by atoms with van der Waals surface area (Å²) in [6.07, 6.45) is 4.60. The zero-order chi connectivity index (χ0) is 10.8. The predicted molar refractivity (Wildman–Crippen MR) is 63.2 cm³/mol. The van der Waals surface area contributed by atoms with Crippen molar-refractivity contribution in [3.8, 4) is 0 Å². The molecule has 1 saturated carbocycles. The molecule has 0 aromatic carbocycles. The maximum Gasteiger partial charge on any atom is 0.131 e. The van der Waals surface area contributed by atoms with Gasteiger partial charge >= 0.3 is 0 Å². The first-order chi connectivity index (χ1) is 7.22. The maximum absolute atomic E-state index is 4.54. The molecular formula is C12H19N3. The first-order valence-electron chi connectivity index (χ1n) is 5.55. The third-order valence-corrected chi connectivity index (χ3v) is 2.92. The van der Waals surface area contributed by atoms with Gasteiger partial charge in [0.15, 0.2) is 0 Å². The first-order valence-corrected chi connectivity index (χ1v) is 5.55. The molecule has 0 spiro atoms. The van der Waals surface area contributed by atoms with E-state index in [2.05, 4.69) is 35.2 Å². The molecule has 0 saturated heterocycles. The summed E-state index contributed by atoms with van der Waals surface area (Å²) >= 11 is 0. The second kappa shape index (κ2) is 4.19. The van der Waals surface area contributed by atoms with Gasteiger partial charge in [0, 0.05) is 25.8 Å². The van der Waals surface area contributed by atoms with Crippen molar-refractivity contribution < 1.29 is 0 Å². The van der Waals surface area contributed by atoms with Gasteiger partial charge in [0.1, 0.15) is 5.82 Å². The fourth-order valence-electron chi connectivity index (χ4n) is 1.93. The average molecular weight is 205 g/mol. The number of hydrogen-bond acceptors (Lipinski definition) is 3. The third-order valence-electron chi connectivity index (χ3n) is 2.92. The minimum atomic E-state index is 0.728. The Morgan fingerprint density at radius 1 is 1.53 bits per heavy atom. The Morgan fingerprint density at radius 2 is 2.27 bits per heavy atom. The van der Waals surface area contributed by atoms with E-state index in [0.717, 1.165) is 18.4 Å². The molecule has 0 unspecified atom stereocenters. The molecule has 0 radical (unpaired) electrons. The molecule has 15 heavy (non-hydrogen) atoms. The largest absolute Gasteiger partial charge is 0.356 e. The highest BCUT2D eigenvalue weighted by Gasteiger charge is 2.27. The fourth-order valence-corrected chi connectivity index (χ4v) is 1.93. The Morgan fingerprint density at radius 3 is 2.80 bits per heavy atom. The summed E-state index contributed by atoms with van der Waals surface area (Å²) in [5, 5.41) is 3.14. The molecule has 1 aliphatic rings. The van der Waals surface area contributed by atoms with Crippen molar-refractivity contribution in [2.45, 2.75) is 32.4 Å². The van der Waals surface area contributed by atoms with Crippen LogP contribution in [0.4, 0.5) is 5.82 Å². The van der Waals surface area contributed by atoms with Gasteiger partial charge in [0.05, 0.1) is 0 Å². The summed E-state index contributed by atoms with van der Waals surface area (Å²) in [7, 11) is 4.10. The van der Waals surface area contributed by atoms with Crippen LogP contribution in [0.15, 0.2) is 12.3 Å². The van der Waals surface area contributed by atoms with Crippen molar-refractivity contribution in [3.63, 3.8) is 0 Å². The highest BCUT2D eigenvalue weighted by molar-refractivity contribution is 5.48. The van der Waals surface area contributed by atoms with E-state index in [-0.39, 0.29) is 0 Å². The van der Waals surface area contributed by atoms with Gasteiger partial charge in [-0.15, -0.1) is 0 Å². The number of nitrogens with zero attached hydrogens (tertiary/aromatic N) is 2. The minimum Gasteiger partial charge on any atom is -0.356 e. The van der Waals surface area contributed by atoms with Crippen molar-refractivity contribution in [1.29, 1.82) is 0 Å². The first kappa shape index (κ1) is 10.4. The molecule has 1 fully saturated rings. The number of aryl methyl sites for hydroxylation is 1. The molecule has 0 bridgehead atoms. The molecule has 0 atom stereocenters.